The van der Waals surface area contributed by atoms with E-state index in [0.29, 0.717) is 12.6 Å². The Hall–Kier alpha value is -1.71. The molecule has 4 heteroatoms. The van der Waals surface area contributed by atoms with Gasteiger partial charge in [-0.3, -0.25) is 0 Å². The topological polar surface area (TPSA) is 50.4 Å². The molecule has 2 N–H and O–H groups in total. The minimum atomic E-state index is -0.476. The van der Waals surface area contributed by atoms with Gasteiger partial charge in [0.1, 0.15) is 5.60 Å². The maximum absolute atomic E-state index is 11.9. The van der Waals surface area contributed by atoms with Crippen LogP contribution in [0.1, 0.15) is 65.9 Å². The summed E-state index contributed by atoms with van der Waals surface area (Å²) in [7, 11) is 0. The summed E-state index contributed by atoms with van der Waals surface area (Å²) in [5, 5.41) is 6.61. The average Bonchev–Trinajstić information content (AvgIpc) is 3.33. The lowest BCUT2D eigenvalue weighted by atomic mass is 9.99. The fraction of sp³-hybridized carbons (Fsp3) is 0.667. The van der Waals surface area contributed by atoms with Crippen molar-refractivity contribution in [3.8, 4) is 0 Å². The molecule has 1 atom stereocenters. The smallest absolute Gasteiger partial charge is 0.407 e. The van der Waals surface area contributed by atoms with Gasteiger partial charge in [-0.25, -0.2) is 4.79 Å². The van der Waals surface area contributed by atoms with Crippen LogP contribution in [0.15, 0.2) is 24.3 Å². The molecule has 1 aliphatic carbocycles. The molecule has 0 aliphatic heterocycles. The number of ether oxygens (including phenoxy) is 1. The molecule has 2 rings (SSSR count). The number of para-hydroxylation sites is 1. The van der Waals surface area contributed by atoms with Crippen LogP contribution in [-0.4, -0.2) is 17.7 Å². The van der Waals surface area contributed by atoms with E-state index in [2.05, 4.69) is 36.6 Å². The van der Waals surface area contributed by atoms with E-state index in [1.54, 1.807) is 0 Å². The Bertz CT molecular complexity index is 559. The molecule has 25 heavy (non-hydrogen) atoms. The second-order valence-corrected chi connectivity index (χ2v) is 8.57. The number of carbonyl (C=O) groups excluding carboxylic acids is 1. The number of anilines is 1. The number of carbonyl (C=O) groups is 1. The van der Waals surface area contributed by atoms with Gasteiger partial charge in [-0.15, -0.1) is 0 Å². The molecule has 0 bridgehead atoms. The van der Waals surface area contributed by atoms with Crippen molar-refractivity contribution in [3.05, 3.63) is 29.8 Å². The highest BCUT2D eigenvalue weighted by molar-refractivity contribution is 5.68. The third-order valence-electron chi connectivity index (χ3n) is 4.43. The summed E-state index contributed by atoms with van der Waals surface area (Å²) in [4.78, 5) is 11.9. The third kappa shape index (κ3) is 7.37. The monoisotopic (exact) mass is 346 g/mol. The van der Waals surface area contributed by atoms with Gasteiger partial charge in [0.15, 0.2) is 0 Å². The van der Waals surface area contributed by atoms with E-state index in [1.807, 2.05) is 32.9 Å². The first-order valence-corrected chi connectivity index (χ1v) is 9.56. The Balaban J connectivity index is 1.95. The van der Waals surface area contributed by atoms with Gasteiger partial charge in [0.05, 0.1) is 0 Å². The number of alkyl carbamates (subject to hydrolysis) is 1. The van der Waals surface area contributed by atoms with E-state index >= 15 is 0 Å². The van der Waals surface area contributed by atoms with Crippen molar-refractivity contribution < 1.29 is 9.53 Å². The predicted octanol–water partition coefficient (Wildman–Crippen LogP) is 5.34. The van der Waals surface area contributed by atoms with Crippen LogP contribution in [-0.2, 0) is 11.3 Å². The second-order valence-electron chi connectivity index (χ2n) is 8.57. The molecule has 0 spiro atoms. The molecule has 1 unspecified atom stereocenters. The maximum atomic E-state index is 11.9. The van der Waals surface area contributed by atoms with Gasteiger partial charge in [0.2, 0.25) is 0 Å². The number of hydrogen-bond donors (Lipinski definition) is 2. The van der Waals surface area contributed by atoms with Gasteiger partial charge >= 0.3 is 6.09 Å². The number of hydrogen-bond acceptors (Lipinski definition) is 3. The highest BCUT2D eigenvalue weighted by Gasteiger charge is 2.31. The first kappa shape index (κ1) is 19.6. The van der Waals surface area contributed by atoms with E-state index in [1.165, 1.54) is 25.7 Å². The highest BCUT2D eigenvalue weighted by atomic mass is 16.6. The molecule has 0 heterocycles. The maximum Gasteiger partial charge on any atom is 0.407 e. The summed E-state index contributed by atoms with van der Waals surface area (Å²) in [6.07, 6.45) is 4.73. The summed E-state index contributed by atoms with van der Waals surface area (Å²) in [6.45, 7) is 10.6. The third-order valence-corrected chi connectivity index (χ3v) is 4.43. The minimum Gasteiger partial charge on any atom is -0.444 e. The molecule has 1 aliphatic rings. The Morgan fingerprint density at radius 1 is 1.20 bits per heavy atom. The zero-order valence-corrected chi connectivity index (χ0v) is 16.4. The predicted molar refractivity (Wildman–Crippen MR) is 104 cm³/mol. The molecular formula is C21H34N2O2. The molecule has 0 radical (unpaired) electrons. The molecular weight excluding hydrogens is 312 g/mol. The molecule has 140 valence electrons. The lowest BCUT2D eigenvalue weighted by molar-refractivity contribution is 0.0523. The zero-order chi connectivity index (χ0) is 18.4. The molecule has 1 amide bonds. The molecule has 1 aromatic carbocycles. The Morgan fingerprint density at radius 2 is 1.88 bits per heavy atom. The zero-order valence-electron chi connectivity index (χ0n) is 16.4. The standard InChI is InChI=1S/C21H34N2O2/c1-15(2)10-13-19(16-11-12-16)23-18-9-7-6-8-17(18)14-22-20(24)25-21(3,4)5/h6-9,15-16,19,23H,10-14H2,1-5H3,(H,22,24). The first-order chi connectivity index (χ1) is 11.7. The van der Waals surface area contributed by atoms with Gasteiger partial charge in [-0.1, -0.05) is 32.0 Å². The van der Waals surface area contributed by atoms with Gasteiger partial charge < -0.3 is 15.4 Å². The van der Waals surface area contributed by atoms with Crippen LogP contribution >= 0.6 is 0 Å². The van der Waals surface area contributed by atoms with Crippen LogP contribution in [0.2, 0.25) is 0 Å². The molecule has 1 fully saturated rings. The number of benzene rings is 1. The van der Waals surface area contributed by atoms with Crippen molar-refractivity contribution in [2.45, 2.75) is 78.5 Å². The molecule has 0 aromatic heterocycles. The second kappa shape index (κ2) is 8.59. The largest absolute Gasteiger partial charge is 0.444 e. The fourth-order valence-electron chi connectivity index (χ4n) is 2.93. The van der Waals surface area contributed by atoms with Gasteiger partial charge in [-0.05, 0) is 69.9 Å². The van der Waals surface area contributed by atoms with Crippen molar-refractivity contribution in [2.75, 3.05) is 5.32 Å². The van der Waals surface area contributed by atoms with E-state index in [-0.39, 0.29) is 6.09 Å². The number of nitrogens with one attached hydrogen (secondary N) is 2. The lowest BCUT2D eigenvalue weighted by Gasteiger charge is -2.23. The van der Waals surface area contributed by atoms with Gasteiger partial charge in [0, 0.05) is 18.3 Å². The number of amides is 1. The fourth-order valence-corrected chi connectivity index (χ4v) is 2.93. The van der Waals surface area contributed by atoms with Crippen LogP contribution in [0.5, 0.6) is 0 Å². The number of rotatable bonds is 8. The van der Waals surface area contributed by atoms with Crippen molar-refractivity contribution in [2.24, 2.45) is 11.8 Å². The van der Waals surface area contributed by atoms with Crippen LogP contribution < -0.4 is 10.6 Å². The Labute approximate surface area is 152 Å². The summed E-state index contributed by atoms with van der Waals surface area (Å²) in [5.41, 5.74) is 1.75. The van der Waals surface area contributed by atoms with Gasteiger partial charge in [0.25, 0.3) is 0 Å². The van der Waals surface area contributed by atoms with Crippen LogP contribution in [0.3, 0.4) is 0 Å². The SMILES string of the molecule is CC(C)CCC(Nc1ccccc1CNC(=O)OC(C)(C)C)C1CC1. The summed E-state index contributed by atoms with van der Waals surface area (Å²) < 4.78 is 5.32. The summed E-state index contributed by atoms with van der Waals surface area (Å²) in [6, 6.07) is 8.76. The van der Waals surface area contributed by atoms with Crippen LogP contribution in [0, 0.1) is 11.8 Å². The lowest BCUT2D eigenvalue weighted by Crippen LogP contribution is -2.32. The summed E-state index contributed by atoms with van der Waals surface area (Å²) >= 11 is 0. The normalized spacial score (nSPS) is 15.8. The first-order valence-electron chi connectivity index (χ1n) is 9.56. The van der Waals surface area contributed by atoms with E-state index in [4.69, 9.17) is 4.74 Å². The molecule has 1 saturated carbocycles. The van der Waals surface area contributed by atoms with Crippen molar-refractivity contribution in [1.82, 2.24) is 5.32 Å². The van der Waals surface area contributed by atoms with Crippen LogP contribution in [0.25, 0.3) is 0 Å². The minimum absolute atomic E-state index is 0.374. The quantitative estimate of drug-likeness (QED) is 0.668. The average molecular weight is 347 g/mol. The van der Waals surface area contributed by atoms with Gasteiger partial charge in [-0.2, -0.15) is 0 Å². The van der Waals surface area contributed by atoms with Crippen molar-refractivity contribution in [1.29, 1.82) is 0 Å². The molecule has 0 saturated heterocycles. The van der Waals surface area contributed by atoms with Crippen molar-refractivity contribution in [3.63, 3.8) is 0 Å². The highest BCUT2D eigenvalue weighted by Crippen LogP contribution is 2.37. The van der Waals surface area contributed by atoms with Crippen LogP contribution in [0.4, 0.5) is 10.5 Å². The molecule has 1 aromatic rings. The summed E-state index contributed by atoms with van der Waals surface area (Å²) in [5.74, 6) is 1.53. The Kier molecular flexibility index (Phi) is 6.74. The van der Waals surface area contributed by atoms with E-state index in [0.717, 1.165) is 23.1 Å². The van der Waals surface area contributed by atoms with E-state index < -0.39 is 5.60 Å². The Morgan fingerprint density at radius 3 is 2.48 bits per heavy atom. The van der Waals surface area contributed by atoms with Crippen molar-refractivity contribution >= 4 is 11.8 Å². The van der Waals surface area contributed by atoms with E-state index in [9.17, 15) is 4.79 Å². The molecule has 4 nitrogen and oxygen atoms in total.